The van der Waals surface area contributed by atoms with Crippen molar-refractivity contribution < 1.29 is 13.2 Å². The summed E-state index contributed by atoms with van der Waals surface area (Å²) in [5, 5.41) is 0. The van der Waals surface area contributed by atoms with Crippen molar-refractivity contribution in [3.05, 3.63) is 29.8 Å². The highest BCUT2D eigenvalue weighted by Gasteiger charge is 2.15. The number of hydrogen-bond acceptors (Lipinski definition) is 3. The summed E-state index contributed by atoms with van der Waals surface area (Å²) >= 11 is 0. The van der Waals surface area contributed by atoms with Gasteiger partial charge in [0.15, 0.2) is 0 Å². The molecule has 1 aromatic carbocycles. The SMILES string of the molecule is COCc1cccc(S(=O)(=O)NC(C)C)c1. The Morgan fingerprint density at radius 2 is 2.06 bits per heavy atom. The van der Waals surface area contributed by atoms with Crippen molar-refractivity contribution in [2.45, 2.75) is 31.4 Å². The highest BCUT2D eigenvalue weighted by molar-refractivity contribution is 7.89. The van der Waals surface area contributed by atoms with Gasteiger partial charge in [0, 0.05) is 13.2 Å². The van der Waals surface area contributed by atoms with Crippen molar-refractivity contribution in [3.8, 4) is 0 Å². The molecule has 0 bridgehead atoms. The van der Waals surface area contributed by atoms with Crippen LogP contribution in [0.25, 0.3) is 0 Å². The molecule has 0 atom stereocenters. The van der Waals surface area contributed by atoms with Gasteiger partial charge in [-0.05, 0) is 31.5 Å². The Balaban J connectivity index is 2.99. The number of methoxy groups -OCH3 is 1. The zero-order valence-electron chi connectivity index (χ0n) is 9.73. The average molecular weight is 243 g/mol. The lowest BCUT2D eigenvalue weighted by atomic mass is 10.2. The van der Waals surface area contributed by atoms with Gasteiger partial charge in [0.1, 0.15) is 0 Å². The van der Waals surface area contributed by atoms with Gasteiger partial charge in [-0.15, -0.1) is 0 Å². The predicted molar refractivity (Wildman–Crippen MR) is 62.6 cm³/mol. The topological polar surface area (TPSA) is 55.4 Å². The fourth-order valence-electron chi connectivity index (χ4n) is 1.35. The number of benzene rings is 1. The molecule has 16 heavy (non-hydrogen) atoms. The monoisotopic (exact) mass is 243 g/mol. The zero-order chi connectivity index (χ0) is 12.2. The summed E-state index contributed by atoms with van der Waals surface area (Å²) in [7, 11) is -1.83. The van der Waals surface area contributed by atoms with Crippen LogP contribution in [0.5, 0.6) is 0 Å². The minimum Gasteiger partial charge on any atom is -0.380 e. The van der Waals surface area contributed by atoms with Gasteiger partial charge in [-0.2, -0.15) is 0 Å². The average Bonchev–Trinajstić information content (AvgIpc) is 2.16. The molecule has 0 fully saturated rings. The van der Waals surface area contributed by atoms with Crippen LogP contribution in [-0.4, -0.2) is 21.6 Å². The minimum absolute atomic E-state index is 0.115. The first kappa shape index (κ1) is 13.2. The molecule has 4 nitrogen and oxygen atoms in total. The molecule has 0 unspecified atom stereocenters. The maximum absolute atomic E-state index is 11.8. The van der Waals surface area contributed by atoms with Gasteiger partial charge in [-0.25, -0.2) is 13.1 Å². The van der Waals surface area contributed by atoms with Crippen molar-refractivity contribution in [2.24, 2.45) is 0 Å². The third kappa shape index (κ3) is 3.59. The minimum atomic E-state index is -3.41. The van der Waals surface area contributed by atoms with Gasteiger partial charge in [0.25, 0.3) is 0 Å². The Bertz CT molecular complexity index is 440. The fraction of sp³-hybridized carbons (Fsp3) is 0.455. The first-order valence-corrected chi connectivity index (χ1v) is 6.54. The number of nitrogens with one attached hydrogen (secondary N) is 1. The molecule has 0 aliphatic rings. The highest BCUT2D eigenvalue weighted by atomic mass is 32.2. The van der Waals surface area contributed by atoms with Crippen LogP contribution in [-0.2, 0) is 21.4 Å². The van der Waals surface area contributed by atoms with Gasteiger partial charge in [0.2, 0.25) is 10.0 Å². The lowest BCUT2D eigenvalue weighted by molar-refractivity contribution is 0.184. The lowest BCUT2D eigenvalue weighted by Crippen LogP contribution is -2.30. The van der Waals surface area contributed by atoms with Crippen molar-refractivity contribution in [1.82, 2.24) is 4.72 Å². The fourth-order valence-corrected chi connectivity index (χ4v) is 2.67. The van der Waals surface area contributed by atoms with E-state index in [2.05, 4.69) is 4.72 Å². The van der Waals surface area contributed by atoms with E-state index in [1.54, 1.807) is 39.2 Å². The zero-order valence-corrected chi connectivity index (χ0v) is 10.5. The van der Waals surface area contributed by atoms with Crippen molar-refractivity contribution in [2.75, 3.05) is 7.11 Å². The van der Waals surface area contributed by atoms with Crippen LogP contribution < -0.4 is 4.72 Å². The molecule has 90 valence electrons. The summed E-state index contributed by atoms with van der Waals surface area (Å²) in [6.45, 7) is 3.98. The van der Waals surface area contributed by atoms with E-state index in [1.165, 1.54) is 0 Å². The first-order chi connectivity index (χ1) is 7.45. The van der Waals surface area contributed by atoms with E-state index in [0.717, 1.165) is 5.56 Å². The predicted octanol–water partition coefficient (Wildman–Crippen LogP) is 1.52. The highest BCUT2D eigenvalue weighted by Crippen LogP contribution is 2.12. The van der Waals surface area contributed by atoms with Gasteiger partial charge >= 0.3 is 0 Å². The smallest absolute Gasteiger partial charge is 0.240 e. The van der Waals surface area contributed by atoms with Gasteiger partial charge in [-0.3, -0.25) is 0 Å². The molecular weight excluding hydrogens is 226 g/mol. The number of sulfonamides is 1. The summed E-state index contributed by atoms with van der Waals surface area (Å²) in [4.78, 5) is 0.274. The van der Waals surface area contributed by atoms with E-state index in [9.17, 15) is 8.42 Å². The molecule has 1 aromatic rings. The van der Waals surface area contributed by atoms with Crippen molar-refractivity contribution in [1.29, 1.82) is 0 Å². The lowest BCUT2D eigenvalue weighted by Gasteiger charge is -2.10. The second kappa shape index (κ2) is 5.43. The standard InChI is InChI=1S/C11H17NO3S/c1-9(2)12-16(13,14)11-6-4-5-10(7-11)8-15-3/h4-7,9,12H,8H2,1-3H3. The van der Waals surface area contributed by atoms with E-state index in [0.29, 0.717) is 6.61 Å². The Kier molecular flexibility index (Phi) is 4.46. The molecule has 0 aromatic heterocycles. The maximum atomic E-state index is 11.8. The number of ether oxygens (including phenoxy) is 1. The van der Waals surface area contributed by atoms with Crippen LogP contribution in [0.2, 0.25) is 0 Å². The third-order valence-corrected chi connectivity index (χ3v) is 3.57. The summed E-state index contributed by atoms with van der Waals surface area (Å²) in [6.07, 6.45) is 0. The summed E-state index contributed by atoms with van der Waals surface area (Å²) in [5.41, 5.74) is 0.842. The molecule has 0 aliphatic heterocycles. The summed E-state index contributed by atoms with van der Waals surface area (Å²) in [6, 6.07) is 6.62. The molecule has 0 heterocycles. The molecule has 1 N–H and O–H groups in total. The van der Waals surface area contributed by atoms with Gasteiger partial charge in [-0.1, -0.05) is 12.1 Å². The molecule has 5 heteroatoms. The molecule has 0 radical (unpaired) electrons. The van der Waals surface area contributed by atoms with Crippen molar-refractivity contribution >= 4 is 10.0 Å². The molecular formula is C11H17NO3S. The van der Waals surface area contributed by atoms with Crippen LogP contribution in [0.15, 0.2) is 29.2 Å². The Morgan fingerprint density at radius 1 is 1.38 bits per heavy atom. The van der Waals surface area contributed by atoms with Gasteiger partial charge in [0.05, 0.1) is 11.5 Å². The second-order valence-electron chi connectivity index (χ2n) is 3.86. The first-order valence-electron chi connectivity index (χ1n) is 5.06. The normalized spacial score (nSPS) is 12.0. The number of hydrogen-bond donors (Lipinski definition) is 1. The Hall–Kier alpha value is -0.910. The van der Waals surface area contributed by atoms with Crippen LogP contribution >= 0.6 is 0 Å². The van der Waals surface area contributed by atoms with E-state index in [-0.39, 0.29) is 10.9 Å². The molecule has 0 saturated carbocycles. The molecule has 0 spiro atoms. The van der Waals surface area contributed by atoms with Crippen LogP contribution in [0.1, 0.15) is 19.4 Å². The Morgan fingerprint density at radius 3 is 2.62 bits per heavy atom. The van der Waals surface area contributed by atoms with Crippen LogP contribution in [0.4, 0.5) is 0 Å². The van der Waals surface area contributed by atoms with Gasteiger partial charge < -0.3 is 4.74 Å². The second-order valence-corrected chi connectivity index (χ2v) is 5.57. The number of rotatable bonds is 5. The molecule has 0 aliphatic carbocycles. The molecule has 1 rings (SSSR count). The van der Waals surface area contributed by atoms with Crippen LogP contribution in [0.3, 0.4) is 0 Å². The third-order valence-electron chi connectivity index (χ3n) is 1.91. The van der Waals surface area contributed by atoms with E-state index in [4.69, 9.17) is 4.74 Å². The summed E-state index contributed by atoms with van der Waals surface area (Å²) in [5.74, 6) is 0. The Labute approximate surface area is 96.7 Å². The molecule has 0 saturated heterocycles. The maximum Gasteiger partial charge on any atom is 0.240 e. The largest absolute Gasteiger partial charge is 0.380 e. The van der Waals surface area contributed by atoms with Crippen molar-refractivity contribution in [3.63, 3.8) is 0 Å². The summed E-state index contributed by atoms with van der Waals surface area (Å²) < 4.78 is 31.2. The quantitative estimate of drug-likeness (QED) is 0.853. The molecule has 0 amide bonds. The van der Waals surface area contributed by atoms with E-state index >= 15 is 0 Å². The van der Waals surface area contributed by atoms with E-state index in [1.807, 2.05) is 6.07 Å². The van der Waals surface area contributed by atoms with E-state index < -0.39 is 10.0 Å². The van der Waals surface area contributed by atoms with Crippen LogP contribution in [0, 0.1) is 0 Å².